The zero-order valence-electron chi connectivity index (χ0n) is 18.6. The molecule has 0 saturated carbocycles. The van der Waals surface area contributed by atoms with Crippen molar-refractivity contribution < 1.29 is 4.79 Å². The number of hydrogen-bond acceptors (Lipinski definition) is 7. The highest BCUT2D eigenvalue weighted by molar-refractivity contribution is 6.34. The molecule has 0 unspecified atom stereocenters. The molecule has 0 radical (unpaired) electrons. The molecule has 4 heterocycles. The second kappa shape index (κ2) is 8.86. The summed E-state index contributed by atoms with van der Waals surface area (Å²) in [5, 5.41) is 9.25. The Hall–Kier alpha value is -3.39. The Kier molecular flexibility index (Phi) is 5.76. The number of hydrogen-bond donors (Lipinski definition) is 0. The van der Waals surface area contributed by atoms with Crippen LogP contribution in [0.4, 0.5) is 5.95 Å². The van der Waals surface area contributed by atoms with E-state index in [0.717, 1.165) is 66.2 Å². The van der Waals surface area contributed by atoms with Crippen molar-refractivity contribution in [1.82, 2.24) is 29.9 Å². The summed E-state index contributed by atoms with van der Waals surface area (Å²) in [6.45, 7) is 5.33. The minimum atomic E-state index is -0.0616. The van der Waals surface area contributed by atoms with Gasteiger partial charge in [-0.2, -0.15) is 0 Å². The molecule has 1 fully saturated rings. The molecule has 0 aliphatic carbocycles. The highest BCUT2D eigenvalue weighted by Gasteiger charge is 2.24. The number of halogens is 1. The number of anilines is 1. The average Bonchev–Trinajstić information content (AvgIpc) is 3.27. The molecular formula is C24H24ClN7O. The van der Waals surface area contributed by atoms with Crippen LogP contribution in [0.1, 0.15) is 48.7 Å². The van der Waals surface area contributed by atoms with Crippen LogP contribution in [-0.2, 0) is 6.42 Å². The summed E-state index contributed by atoms with van der Waals surface area (Å²) in [6, 6.07) is 7.51. The molecule has 0 N–H and O–H groups in total. The summed E-state index contributed by atoms with van der Waals surface area (Å²) in [5.74, 6) is 0.725. The van der Waals surface area contributed by atoms with Crippen molar-refractivity contribution in [1.29, 1.82) is 0 Å². The normalized spacial score (nSPS) is 14.7. The molecule has 168 valence electrons. The van der Waals surface area contributed by atoms with Gasteiger partial charge in [0.2, 0.25) is 5.95 Å². The molecule has 0 bridgehead atoms. The first kappa shape index (κ1) is 21.5. The maximum atomic E-state index is 11.6. The van der Waals surface area contributed by atoms with Crippen molar-refractivity contribution in [2.45, 2.75) is 39.2 Å². The number of carbonyl (C=O) groups excluding carboxylic acids is 1. The monoisotopic (exact) mass is 461 g/mol. The zero-order chi connectivity index (χ0) is 22.9. The minimum absolute atomic E-state index is 0.0616. The van der Waals surface area contributed by atoms with E-state index in [1.807, 2.05) is 35.4 Å². The van der Waals surface area contributed by atoms with Crippen LogP contribution in [0.2, 0.25) is 5.02 Å². The second-order valence-electron chi connectivity index (χ2n) is 8.31. The molecule has 1 saturated heterocycles. The molecule has 0 amide bonds. The van der Waals surface area contributed by atoms with Gasteiger partial charge in [-0.05, 0) is 49.9 Å². The van der Waals surface area contributed by atoms with Crippen LogP contribution in [0.25, 0.3) is 22.3 Å². The van der Waals surface area contributed by atoms with Gasteiger partial charge in [0, 0.05) is 36.6 Å². The lowest BCUT2D eigenvalue weighted by molar-refractivity contribution is 0.101. The van der Waals surface area contributed by atoms with Gasteiger partial charge < -0.3 is 4.90 Å². The third kappa shape index (κ3) is 4.18. The van der Waals surface area contributed by atoms with Crippen LogP contribution >= 0.6 is 11.6 Å². The molecule has 4 aromatic rings. The van der Waals surface area contributed by atoms with Crippen LogP contribution in [0, 0.1) is 0 Å². The molecule has 1 aromatic carbocycles. The second-order valence-corrected chi connectivity index (χ2v) is 8.71. The molecule has 1 aliphatic heterocycles. The number of aromatic nitrogens is 6. The number of Topliss-reactive ketones (excluding diaryl/α,β-unsaturated/α-hetero) is 1. The largest absolute Gasteiger partial charge is 0.341 e. The number of benzene rings is 1. The number of piperidine rings is 1. The summed E-state index contributed by atoms with van der Waals surface area (Å²) >= 11 is 6.28. The van der Waals surface area contributed by atoms with Crippen LogP contribution in [0.15, 0.2) is 42.9 Å². The van der Waals surface area contributed by atoms with E-state index in [4.69, 9.17) is 11.6 Å². The molecule has 9 heteroatoms. The first-order valence-electron chi connectivity index (χ1n) is 11.1. The van der Waals surface area contributed by atoms with E-state index in [9.17, 15) is 4.79 Å². The SMILES string of the molecule is CCc1cnc(N2CCC(n3nnc4cc(-c5ccc(C(C)=O)c(Cl)c5)ncc43)CC2)nc1. The number of carbonyl (C=O) groups is 1. The standard InChI is InChI=1S/C24H24ClN7O/c1-3-16-12-27-24(28-13-16)31-8-6-18(7-9-31)32-23-14-26-21(11-22(23)29-30-32)17-4-5-19(15(2)33)20(25)10-17/h4-5,10-14,18H,3,6-9H2,1-2H3. The summed E-state index contributed by atoms with van der Waals surface area (Å²) in [7, 11) is 0. The van der Waals surface area contributed by atoms with Gasteiger partial charge in [-0.15, -0.1) is 5.10 Å². The summed E-state index contributed by atoms with van der Waals surface area (Å²) in [6.07, 6.45) is 8.43. The summed E-state index contributed by atoms with van der Waals surface area (Å²) in [5.41, 5.74) is 4.93. The highest BCUT2D eigenvalue weighted by Crippen LogP contribution is 2.29. The number of fused-ring (bicyclic) bond motifs is 1. The van der Waals surface area contributed by atoms with Gasteiger partial charge in [0.05, 0.1) is 23.0 Å². The lowest BCUT2D eigenvalue weighted by atomic mass is 10.0. The summed E-state index contributed by atoms with van der Waals surface area (Å²) in [4.78, 5) is 27.5. The van der Waals surface area contributed by atoms with Crippen LogP contribution < -0.4 is 4.90 Å². The fourth-order valence-electron chi connectivity index (χ4n) is 4.23. The fourth-order valence-corrected chi connectivity index (χ4v) is 4.54. The van der Waals surface area contributed by atoms with Gasteiger partial charge in [0.25, 0.3) is 0 Å². The van der Waals surface area contributed by atoms with E-state index >= 15 is 0 Å². The highest BCUT2D eigenvalue weighted by atomic mass is 35.5. The number of nitrogens with zero attached hydrogens (tertiary/aromatic N) is 7. The van der Waals surface area contributed by atoms with Crippen molar-refractivity contribution in [3.63, 3.8) is 0 Å². The zero-order valence-corrected chi connectivity index (χ0v) is 19.3. The van der Waals surface area contributed by atoms with Crippen molar-refractivity contribution >= 4 is 34.4 Å². The molecule has 8 nitrogen and oxygen atoms in total. The van der Waals surface area contributed by atoms with E-state index in [1.54, 1.807) is 12.1 Å². The van der Waals surface area contributed by atoms with E-state index in [2.05, 4.69) is 37.1 Å². The predicted molar refractivity (Wildman–Crippen MR) is 128 cm³/mol. The first-order valence-corrected chi connectivity index (χ1v) is 11.5. The van der Waals surface area contributed by atoms with Crippen molar-refractivity contribution in [3.8, 4) is 11.3 Å². The van der Waals surface area contributed by atoms with Crippen LogP contribution in [0.3, 0.4) is 0 Å². The van der Waals surface area contributed by atoms with E-state index in [1.165, 1.54) is 6.92 Å². The van der Waals surface area contributed by atoms with Gasteiger partial charge in [0.15, 0.2) is 5.78 Å². The number of rotatable bonds is 5. The number of pyridine rings is 1. The Bertz CT molecular complexity index is 1310. The van der Waals surface area contributed by atoms with E-state index in [0.29, 0.717) is 10.6 Å². The molecule has 33 heavy (non-hydrogen) atoms. The van der Waals surface area contributed by atoms with Crippen molar-refractivity contribution in [2.75, 3.05) is 18.0 Å². The van der Waals surface area contributed by atoms with Crippen molar-refractivity contribution in [2.24, 2.45) is 0 Å². The van der Waals surface area contributed by atoms with E-state index < -0.39 is 0 Å². The lowest BCUT2D eigenvalue weighted by Crippen LogP contribution is -2.36. The quantitative estimate of drug-likeness (QED) is 0.403. The fraction of sp³-hybridized carbons (Fsp3) is 0.333. The Balaban J connectivity index is 1.33. The third-order valence-electron chi connectivity index (χ3n) is 6.19. The minimum Gasteiger partial charge on any atom is -0.341 e. The Morgan fingerprint density at radius 3 is 2.52 bits per heavy atom. The first-order chi connectivity index (χ1) is 16.0. The Labute approximate surface area is 196 Å². The Morgan fingerprint density at radius 1 is 1.09 bits per heavy atom. The molecule has 1 aliphatic rings. The van der Waals surface area contributed by atoms with Gasteiger partial charge >= 0.3 is 0 Å². The summed E-state index contributed by atoms with van der Waals surface area (Å²) < 4.78 is 1.98. The van der Waals surface area contributed by atoms with Gasteiger partial charge in [-0.1, -0.05) is 29.8 Å². The van der Waals surface area contributed by atoms with Gasteiger partial charge in [-0.3, -0.25) is 9.78 Å². The predicted octanol–water partition coefficient (Wildman–Crippen LogP) is 4.54. The van der Waals surface area contributed by atoms with E-state index in [-0.39, 0.29) is 11.8 Å². The maximum absolute atomic E-state index is 11.6. The topological polar surface area (TPSA) is 89.7 Å². The molecule has 0 atom stereocenters. The lowest BCUT2D eigenvalue weighted by Gasteiger charge is -2.32. The smallest absolute Gasteiger partial charge is 0.225 e. The third-order valence-corrected chi connectivity index (χ3v) is 6.51. The average molecular weight is 462 g/mol. The van der Waals surface area contributed by atoms with Gasteiger partial charge in [0.1, 0.15) is 11.0 Å². The molecular weight excluding hydrogens is 438 g/mol. The van der Waals surface area contributed by atoms with Crippen LogP contribution in [0.5, 0.6) is 0 Å². The Morgan fingerprint density at radius 2 is 1.85 bits per heavy atom. The maximum Gasteiger partial charge on any atom is 0.225 e. The van der Waals surface area contributed by atoms with Gasteiger partial charge in [-0.25, -0.2) is 14.6 Å². The number of aryl methyl sites for hydroxylation is 1. The van der Waals surface area contributed by atoms with Crippen molar-refractivity contribution in [3.05, 3.63) is 59.0 Å². The molecule has 5 rings (SSSR count). The van der Waals surface area contributed by atoms with Crippen LogP contribution in [-0.4, -0.2) is 48.8 Å². The number of ketones is 1. The molecule has 0 spiro atoms. The molecule has 3 aromatic heterocycles.